The minimum Gasteiger partial charge on any atom is -0.480 e. The second-order valence-electron chi connectivity index (χ2n) is 8.30. The molecule has 0 radical (unpaired) electrons. The molecule has 2 aromatic heterocycles. The number of nitrogens with one attached hydrogen (secondary N) is 1. The van der Waals surface area contributed by atoms with Crippen LogP contribution in [-0.2, 0) is 27.4 Å². The molecular weight excluding hydrogens is 504 g/mol. The number of hydrogen-bond donors (Lipinski definition) is 1. The summed E-state index contributed by atoms with van der Waals surface area (Å²) in [6, 6.07) is 6.53. The van der Waals surface area contributed by atoms with Crippen LogP contribution in [0.5, 0.6) is 5.88 Å². The number of alkyl halides is 3. The van der Waals surface area contributed by atoms with E-state index >= 15 is 0 Å². The average molecular weight is 527 g/mol. The lowest BCUT2D eigenvalue weighted by molar-refractivity contribution is -0.141. The molecule has 2 unspecified atom stereocenters. The highest BCUT2D eigenvalue weighted by Gasteiger charge is 2.42. The molecule has 3 aromatic rings. The summed E-state index contributed by atoms with van der Waals surface area (Å²) < 4.78 is 84.1. The second kappa shape index (κ2) is 9.88. The maximum absolute atomic E-state index is 13.2. The van der Waals surface area contributed by atoms with Gasteiger partial charge in [0, 0.05) is 12.7 Å². The maximum Gasteiger partial charge on any atom is 0.433 e. The number of aromatic nitrogens is 3. The van der Waals surface area contributed by atoms with E-state index in [4.69, 9.17) is 4.74 Å². The Morgan fingerprint density at radius 3 is 2.50 bits per heavy atom. The number of pyridine rings is 1. The van der Waals surface area contributed by atoms with Crippen molar-refractivity contribution in [2.45, 2.75) is 42.1 Å². The van der Waals surface area contributed by atoms with Gasteiger partial charge in [0.15, 0.2) is 9.84 Å². The molecule has 1 amide bonds. The van der Waals surface area contributed by atoms with Crippen LogP contribution < -0.4 is 10.1 Å². The number of carbonyl (C=O) groups excluding carboxylic acids is 1. The van der Waals surface area contributed by atoms with Crippen molar-refractivity contribution < 1.29 is 35.5 Å². The van der Waals surface area contributed by atoms with Gasteiger partial charge in [0.25, 0.3) is 0 Å². The van der Waals surface area contributed by atoms with Crippen LogP contribution in [0.4, 0.5) is 17.6 Å². The van der Waals surface area contributed by atoms with Crippen LogP contribution >= 0.6 is 0 Å². The molecule has 4 rings (SSSR count). The van der Waals surface area contributed by atoms with Gasteiger partial charge >= 0.3 is 6.18 Å². The Kier molecular flexibility index (Phi) is 7.03. The predicted octanol–water partition coefficient (Wildman–Crippen LogP) is 3.69. The highest BCUT2D eigenvalue weighted by Crippen LogP contribution is 2.35. The Labute approximate surface area is 204 Å². The second-order valence-corrected chi connectivity index (χ2v) is 10.5. The molecule has 8 nitrogen and oxygen atoms in total. The van der Waals surface area contributed by atoms with Crippen LogP contribution in [0.3, 0.4) is 0 Å². The van der Waals surface area contributed by atoms with E-state index in [9.17, 15) is 30.8 Å². The first kappa shape index (κ1) is 25.6. The van der Waals surface area contributed by atoms with Crippen LogP contribution in [0.15, 0.2) is 53.7 Å². The third-order valence-electron chi connectivity index (χ3n) is 6.03. The number of sulfone groups is 1. The highest BCUT2D eigenvalue weighted by molar-refractivity contribution is 7.92. The van der Waals surface area contributed by atoms with E-state index in [1.807, 2.05) is 0 Å². The lowest BCUT2D eigenvalue weighted by atomic mass is 10.1. The van der Waals surface area contributed by atoms with Gasteiger partial charge in [-0.2, -0.15) is 13.2 Å². The van der Waals surface area contributed by atoms with E-state index in [-0.39, 0.29) is 23.0 Å². The topological polar surface area (TPSA) is 103 Å². The summed E-state index contributed by atoms with van der Waals surface area (Å²) in [4.78, 5) is 16.3. The highest BCUT2D eigenvalue weighted by atomic mass is 32.2. The van der Waals surface area contributed by atoms with Gasteiger partial charge in [-0.15, -0.1) is 5.10 Å². The Hall–Kier alpha value is -3.48. The predicted molar refractivity (Wildman–Crippen MR) is 119 cm³/mol. The molecule has 36 heavy (non-hydrogen) atoms. The zero-order valence-electron chi connectivity index (χ0n) is 19.0. The SMILES string of the molecule is COc1nn(-c2ccc(C(F)(F)F)nc2)cc1CNC(=O)C1CCCC1S(=O)(=O)c1ccc(F)cc1. The Balaban J connectivity index is 1.47. The van der Waals surface area contributed by atoms with Crippen LogP contribution in [-0.4, -0.2) is 41.4 Å². The fourth-order valence-corrected chi connectivity index (χ4v) is 6.25. The fraction of sp³-hybridized carbons (Fsp3) is 0.348. The molecule has 0 saturated heterocycles. The molecule has 1 N–H and O–H groups in total. The van der Waals surface area contributed by atoms with Crippen molar-refractivity contribution in [3.05, 3.63) is 65.9 Å². The van der Waals surface area contributed by atoms with Crippen molar-refractivity contribution in [3.8, 4) is 11.6 Å². The summed E-state index contributed by atoms with van der Waals surface area (Å²) in [6.07, 6.45) is -0.847. The van der Waals surface area contributed by atoms with E-state index in [0.717, 1.165) is 24.4 Å². The normalized spacial score (nSPS) is 18.2. The third kappa shape index (κ3) is 5.20. The molecule has 1 aliphatic rings. The number of hydrogen-bond acceptors (Lipinski definition) is 6. The molecule has 2 atom stereocenters. The zero-order chi connectivity index (χ0) is 26.1. The number of carbonyl (C=O) groups is 1. The standard InChI is InChI=1S/C23H22F4N4O4S/c1-35-22-14(13-31(30-22)16-7-10-20(28-12-16)23(25,26)27)11-29-21(32)18-3-2-4-19(18)36(33,34)17-8-5-15(24)6-9-17/h5-10,12-13,18-19H,2-4,11H2,1H3,(H,29,32). The smallest absolute Gasteiger partial charge is 0.433 e. The number of benzene rings is 1. The quantitative estimate of drug-likeness (QED) is 0.372. The Morgan fingerprint density at radius 1 is 1.17 bits per heavy atom. The van der Waals surface area contributed by atoms with Gasteiger partial charge in [0.2, 0.25) is 11.8 Å². The van der Waals surface area contributed by atoms with Crippen molar-refractivity contribution in [2.75, 3.05) is 7.11 Å². The summed E-state index contributed by atoms with van der Waals surface area (Å²) in [6.45, 7) is -0.0457. The number of ether oxygens (including phenoxy) is 1. The maximum atomic E-state index is 13.2. The molecule has 0 aliphatic heterocycles. The van der Waals surface area contributed by atoms with Crippen molar-refractivity contribution in [3.63, 3.8) is 0 Å². The lowest BCUT2D eigenvalue weighted by Crippen LogP contribution is -2.38. The molecule has 192 valence electrons. The van der Waals surface area contributed by atoms with Gasteiger partial charge < -0.3 is 10.1 Å². The molecule has 1 saturated carbocycles. The van der Waals surface area contributed by atoms with Crippen LogP contribution in [0.25, 0.3) is 5.69 Å². The van der Waals surface area contributed by atoms with Gasteiger partial charge in [-0.25, -0.2) is 22.5 Å². The first-order valence-electron chi connectivity index (χ1n) is 10.9. The summed E-state index contributed by atoms with van der Waals surface area (Å²) in [7, 11) is -2.49. The minimum absolute atomic E-state index is 0.0401. The number of rotatable bonds is 7. The molecule has 1 aromatic carbocycles. The number of methoxy groups -OCH3 is 1. The fourth-order valence-electron chi connectivity index (χ4n) is 4.22. The number of amides is 1. The first-order chi connectivity index (χ1) is 17.0. The van der Waals surface area contributed by atoms with Gasteiger partial charge in [-0.3, -0.25) is 4.79 Å². The molecule has 13 heteroatoms. The van der Waals surface area contributed by atoms with E-state index < -0.39 is 44.6 Å². The molecule has 1 fully saturated rings. The van der Waals surface area contributed by atoms with E-state index in [2.05, 4.69) is 15.4 Å². The monoisotopic (exact) mass is 526 g/mol. The number of halogens is 4. The van der Waals surface area contributed by atoms with Crippen molar-refractivity contribution in [2.24, 2.45) is 5.92 Å². The van der Waals surface area contributed by atoms with E-state index in [0.29, 0.717) is 24.8 Å². The Bertz CT molecular complexity index is 1340. The van der Waals surface area contributed by atoms with Crippen molar-refractivity contribution in [1.29, 1.82) is 0 Å². The van der Waals surface area contributed by atoms with Crippen molar-refractivity contribution >= 4 is 15.7 Å². The molecule has 2 heterocycles. The van der Waals surface area contributed by atoms with Gasteiger partial charge in [0.1, 0.15) is 11.5 Å². The van der Waals surface area contributed by atoms with Gasteiger partial charge in [-0.1, -0.05) is 6.42 Å². The lowest BCUT2D eigenvalue weighted by Gasteiger charge is -2.19. The molecule has 0 spiro atoms. The van der Waals surface area contributed by atoms with E-state index in [1.165, 1.54) is 36.2 Å². The van der Waals surface area contributed by atoms with Crippen LogP contribution in [0, 0.1) is 11.7 Å². The van der Waals surface area contributed by atoms with Crippen LogP contribution in [0.2, 0.25) is 0 Å². The number of nitrogens with zero attached hydrogens (tertiary/aromatic N) is 3. The molecule has 0 bridgehead atoms. The van der Waals surface area contributed by atoms with Gasteiger partial charge in [0.05, 0.1) is 40.6 Å². The molecule has 1 aliphatic carbocycles. The minimum atomic E-state index is -4.57. The summed E-state index contributed by atoms with van der Waals surface area (Å²) in [5, 5.41) is 5.93. The largest absolute Gasteiger partial charge is 0.480 e. The average Bonchev–Trinajstić information content (AvgIpc) is 3.50. The van der Waals surface area contributed by atoms with E-state index in [1.54, 1.807) is 0 Å². The summed E-state index contributed by atoms with van der Waals surface area (Å²) >= 11 is 0. The van der Waals surface area contributed by atoms with Gasteiger partial charge in [-0.05, 0) is 49.2 Å². The zero-order valence-corrected chi connectivity index (χ0v) is 19.8. The summed E-state index contributed by atoms with van der Waals surface area (Å²) in [5.41, 5.74) is -0.360. The first-order valence-corrected chi connectivity index (χ1v) is 12.5. The van der Waals surface area contributed by atoms with Crippen molar-refractivity contribution in [1.82, 2.24) is 20.1 Å². The summed E-state index contributed by atoms with van der Waals surface area (Å²) in [5.74, 6) is -1.68. The Morgan fingerprint density at radius 2 is 1.89 bits per heavy atom. The molecular formula is C23H22F4N4O4S. The van der Waals surface area contributed by atoms with Crippen LogP contribution in [0.1, 0.15) is 30.5 Å². The third-order valence-corrected chi connectivity index (χ3v) is 8.32.